The number of cyclic esters (lactones) is 2. The van der Waals surface area contributed by atoms with Crippen molar-refractivity contribution >= 4 is 11.9 Å². The van der Waals surface area contributed by atoms with Crippen LogP contribution in [0.15, 0.2) is 24.3 Å². The molecule has 0 saturated carbocycles. The van der Waals surface area contributed by atoms with E-state index in [4.69, 9.17) is 4.74 Å². The molecule has 0 aromatic heterocycles. The van der Waals surface area contributed by atoms with Gasteiger partial charge in [0.25, 0.3) is 0 Å². The first-order chi connectivity index (χ1) is 13.2. The van der Waals surface area contributed by atoms with Crippen molar-refractivity contribution in [2.24, 2.45) is 11.8 Å². The first-order valence-corrected chi connectivity index (χ1v) is 11.3. The van der Waals surface area contributed by atoms with E-state index in [1.807, 2.05) is 12.2 Å². The van der Waals surface area contributed by atoms with E-state index in [0.717, 1.165) is 25.7 Å². The van der Waals surface area contributed by atoms with E-state index in [1.54, 1.807) is 0 Å². The average molecular weight is 377 g/mol. The molecular weight excluding hydrogens is 336 g/mol. The minimum Gasteiger partial charge on any atom is -0.392 e. The lowest BCUT2D eigenvalue weighted by Gasteiger charge is -2.05. The molecule has 0 spiro atoms. The van der Waals surface area contributed by atoms with Crippen molar-refractivity contribution in [2.75, 3.05) is 0 Å². The third-order valence-electron chi connectivity index (χ3n) is 5.27. The largest absolute Gasteiger partial charge is 0.392 e. The molecule has 1 rings (SSSR count). The monoisotopic (exact) mass is 376 g/mol. The summed E-state index contributed by atoms with van der Waals surface area (Å²) < 4.78 is 4.85. The fourth-order valence-electron chi connectivity index (χ4n) is 3.50. The van der Waals surface area contributed by atoms with Gasteiger partial charge in [0.05, 0.1) is 11.8 Å². The van der Waals surface area contributed by atoms with Gasteiger partial charge >= 0.3 is 11.9 Å². The fourth-order valence-corrected chi connectivity index (χ4v) is 3.50. The smallest absolute Gasteiger partial charge is 0.321 e. The Balaban J connectivity index is 2.28. The molecule has 3 nitrogen and oxygen atoms in total. The third-order valence-corrected chi connectivity index (χ3v) is 5.27. The number of carbonyl (C=O) groups excluding carboxylic acids is 2. The van der Waals surface area contributed by atoms with Crippen molar-refractivity contribution in [3.8, 4) is 0 Å². The zero-order valence-electron chi connectivity index (χ0n) is 17.6. The molecule has 3 heteroatoms. The van der Waals surface area contributed by atoms with Gasteiger partial charge < -0.3 is 4.74 Å². The van der Waals surface area contributed by atoms with Gasteiger partial charge in [0, 0.05) is 0 Å². The number of rotatable bonds is 16. The van der Waals surface area contributed by atoms with E-state index >= 15 is 0 Å². The molecule has 0 bridgehead atoms. The van der Waals surface area contributed by atoms with Gasteiger partial charge in [0.1, 0.15) is 0 Å². The van der Waals surface area contributed by atoms with Crippen LogP contribution in [0.1, 0.15) is 104 Å². The van der Waals surface area contributed by atoms with Gasteiger partial charge in [-0.1, -0.05) is 102 Å². The van der Waals surface area contributed by atoms with Crippen LogP contribution in [0, 0.1) is 11.8 Å². The summed E-state index contributed by atoms with van der Waals surface area (Å²) in [5.41, 5.74) is 0. The van der Waals surface area contributed by atoms with Gasteiger partial charge in [-0.15, -0.1) is 0 Å². The van der Waals surface area contributed by atoms with E-state index in [1.165, 1.54) is 64.2 Å². The zero-order chi connectivity index (χ0) is 19.7. The molecule has 0 aromatic carbocycles. The molecular formula is C24H40O3. The Morgan fingerprint density at radius 3 is 1.41 bits per heavy atom. The van der Waals surface area contributed by atoms with Gasteiger partial charge in [-0.25, -0.2) is 0 Å². The molecule has 2 unspecified atom stereocenters. The number of unbranched alkanes of at least 4 members (excludes halogenated alkanes) is 12. The van der Waals surface area contributed by atoms with Crippen molar-refractivity contribution in [1.82, 2.24) is 0 Å². The molecule has 1 aliphatic heterocycles. The van der Waals surface area contributed by atoms with Gasteiger partial charge in [0.2, 0.25) is 0 Å². The summed E-state index contributed by atoms with van der Waals surface area (Å²) in [5, 5.41) is 0. The quantitative estimate of drug-likeness (QED) is 0.127. The van der Waals surface area contributed by atoms with Crippen LogP contribution in [0.25, 0.3) is 0 Å². The Morgan fingerprint density at radius 2 is 1.00 bits per heavy atom. The molecule has 27 heavy (non-hydrogen) atoms. The fraction of sp³-hybridized carbons (Fsp3) is 0.750. The van der Waals surface area contributed by atoms with Gasteiger partial charge in [-0.2, -0.15) is 0 Å². The lowest BCUT2D eigenvalue weighted by molar-refractivity contribution is -0.153. The highest BCUT2D eigenvalue weighted by molar-refractivity contribution is 5.98. The van der Waals surface area contributed by atoms with Crippen molar-refractivity contribution in [1.29, 1.82) is 0 Å². The second-order valence-electron chi connectivity index (χ2n) is 7.76. The molecule has 0 aromatic rings. The van der Waals surface area contributed by atoms with Crippen LogP contribution in [-0.2, 0) is 14.3 Å². The summed E-state index contributed by atoms with van der Waals surface area (Å²) >= 11 is 0. The number of allylic oxidation sites excluding steroid dienone is 2. The van der Waals surface area contributed by atoms with Gasteiger partial charge in [-0.3, -0.25) is 9.59 Å². The molecule has 0 N–H and O–H groups in total. The average Bonchev–Trinajstić information content (AvgIpc) is 2.92. The predicted molar refractivity (Wildman–Crippen MR) is 112 cm³/mol. The van der Waals surface area contributed by atoms with Crippen LogP contribution in [0.4, 0.5) is 0 Å². The van der Waals surface area contributed by atoms with Gasteiger partial charge in [0.15, 0.2) is 0 Å². The summed E-state index contributed by atoms with van der Waals surface area (Å²) in [5.74, 6) is -1.65. The SMILES string of the molecule is CCCCCCCCC=CC1C(=O)OC(=O)C1C=CCCCCCCCC. The van der Waals surface area contributed by atoms with Crippen LogP contribution in [0.5, 0.6) is 0 Å². The Labute approximate surface area is 166 Å². The number of hydrogen-bond acceptors (Lipinski definition) is 3. The van der Waals surface area contributed by atoms with Crippen LogP contribution < -0.4 is 0 Å². The molecule has 1 aliphatic rings. The molecule has 1 fully saturated rings. The molecule has 0 radical (unpaired) electrons. The Morgan fingerprint density at radius 1 is 0.630 bits per heavy atom. The second-order valence-corrected chi connectivity index (χ2v) is 7.76. The standard InChI is InChI=1S/C24H40O3/c1-3-5-7-9-11-13-15-17-19-21-22(24(26)27-23(21)25)20-18-16-14-12-10-8-6-4-2/h17-22H,3-16H2,1-2H3. The highest BCUT2D eigenvalue weighted by atomic mass is 16.6. The van der Waals surface area contributed by atoms with E-state index < -0.39 is 23.8 Å². The first-order valence-electron chi connectivity index (χ1n) is 11.3. The second kappa shape index (κ2) is 15.7. The lowest BCUT2D eigenvalue weighted by atomic mass is 9.93. The summed E-state index contributed by atoms with van der Waals surface area (Å²) in [7, 11) is 0. The minimum atomic E-state index is -0.432. The summed E-state index contributed by atoms with van der Waals surface area (Å²) in [6.45, 7) is 4.45. The summed E-state index contributed by atoms with van der Waals surface area (Å²) in [4.78, 5) is 23.9. The van der Waals surface area contributed by atoms with Gasteiger partial charge in [-0.05, 0) is 25.7 Å². The van der Waals surface area contributed by atoms with E-state index in [-0.39, 0.29) is 0 Å². The molecule has 1 saturated heterocycles. The minimum absolute atomic E-state index is 0.395. The van der Waals surface area contributed by atoms with Crippen molar-refractivity contribution in [2.45, 2.75) is 104 Å². The van der Waals surface area contributed by atoms with Crippen molar-refractivity contribution in [3.63, 3.8) is 0 Å². The van der Waals surface area contributed by atoms with Crippen LogP contribution in [-0.4, -0.2) is 11.9 Å². The molecule has 1 heterocycles. The first kappa shape index (κ1) is 23.7. The Hall–Kier alpha value is -1.38. The number of esters is 2. The van der Waals surface area contributed by atoms with E-state index in [9.17, 15) is 9.59 Å². The zero-order valence-corrected chi connectivity index (χ0v) is 17.6. The third kappa shape index (κ3) is 10.5. The highest BCUT2D eigenvalue weighted by Crippen LogP contribution is 2.27. The van der Waals surface area contributed by atoms with Crippen LogP contribution >= 0.6 is 0 Å². The molecule has 0 aliphatic carbocycles. The molecule has 2 atom stereocenters. The lowest BCUT2D eigenvalue weighted by Crippen LogP contribution is -2.13. The Bertz CT molecular complexity index is 422. The van der Waals surface area contributed by atoms with Crippen LogP contribution in [0.2, 0.25) is 0 Å². The molecule has 154 valence electrons. The maximum atomic E-state index is 11.9. The predicted octanol–water partition coefficient (Wildman–Crippen LogP) is 6.92. The van der Waals surface area contributed by atoms with E-state index in [0.29, 0.717) is 0 Å². The van der Waals surface area contributed by atoms with Crippen molar-refractivity contribution < 1.29 is 14.3 Å². The topological polar surface area (TPSA) is 43.4 Å². The van der Waals surface area contributed by atoms with Crippen molar-refractivity contribution in [3.05, 3.63) is 24.3 Å². The Kier molecular flexibility index (Phi) is 13.7. The maximum absolute atomic E-state index is 11.9. The maximum Gasteiger partial charge on any atom is 0.321 e. The normalized spacial score (nSPS) is 20.2. The summed E-state index contributed by atoms with van der Waals surface area (Å²) in [6.07, 6.45) is 25.0. The van der Waals surface area contributed by atoms with E-state index in [2.05, 4.69) is 26.0 Å². The molecule has 0 amide bonds. The summed E-state index contributed by atoms with van der Waals surface area (Å²) in [6, 6.07) is 0. The number of ether oxygens (including phenoxy) is 1. The highest BCUT2D eigenvalue weighted by Gasteiger charge is 2.40. The number of carbonyl (C=O) groups is 2. The number of hydrogen-bond donors (Lipinski definition) is 0. The van der Waals surface area contributed by atoms with Crippen LogP contribution in [0.3, 0.4) is 0 Å².